The summed E-state index contributed by atoms with van der Waals surface area (Å²) < 4.78 is 4.31. The number of nitrogens with zero attached hydrogens (tertiary/aromatic N) is 4. The van der Waals surface area contributed by atoms with Crippen LogP contribution in [0.25, 0.3) is 11.2 Å². The minimum absolute atomic E-state index is 0.609. The molecule has 0 bridgehead atoms. The average molecular weight is 287 g/mol. The Morgan fingerprint density at radius 2 is 2.17 bits per heavy atom. The first-order chi connectivity index (χ1) is 8.72. The van der Waals surface area contributed by atoms with Crippen molar-refractivity contribution in [3.05, 3.63) is 11.5 Å². The molecule has 0 amide bonds. The summed E-state index contributed by atoms with van der Waals surface area (Å²) in [5.74, 6) is 2.77. The minimum Gasteiger partial charge on any atom is -0.312 e. The van der Waals surface area contributed by atoms with Crippen molar-refractivity contribution in [3.8, 4) is 0 Å². The highest BCUT2D eigenvalue weighted by Gasteiger charge is 2.17. The van der Waals surface area contributed by atoms with Crippen molar-refractivity contribution in [2.45, 2.75) is 33.4 Å². The molecular formula is C12H19ClN4S. The van der Waals surface area contributed by atoms with Gasteiger partial charge in [0.1, 0.15) is 11.3 Å². The molecule has 100 valence electrons. The fourth-order valence-electron chi connectivity index (χ4n) is 2.18. The number of hydrogen-bond acceptors (Lipinski definition) is 3. The molecule has 18 heavy (non-hydrogen) atoms. The predicted octanol–water partition coefficient (Wildman–Crippen LogP) is 2.71. The van der Waals surface area contributed by atoms with Crippen molar-refractivity contribution in [2.24, 2.45) is 0 Å². The molecule has 4 nitrogen and oxygen atoms in total. The molecule has 0 spiro atoms. The highest BCUT2D eigenvalue weighted by Crippen LogP contribution is 2.21. The van der Waals surface area contributed by atoms with Crippen LogP contribution >= 0.6 is 23.4 Å². The Labute approximate surface area is 117 Å². The summed E-state index contributed by atoms with van der Waals surface area (Å²) in [5, 5.41) is 4.53. The molecule has 0 saturated carbocycles. The van der Waals surface area contributed by atoms with Crippen molar-refractivity contribution >= 4 is 34.5 Å². The predicted molar refractivity (Wildman–Crippen MR) is 78.7 cm³/mol. The Morgan fingerprint density at radius 1 is 1.39 bits per heavy atom. The number of halogens is 1. The monoisotopic (exact) mass is 286 g/mol. The zero-order valence-corrected chi connectivity index (χ0v) is 12.7. The van der Waals surface area contributed by atoms with Gasteiger partial charge in [-0.25, -0.2) is 9.67 Å². The van der Waals surface area contributed by atoms with E-state index in [0.717, 1.165) is 47.9 Å². The molecule has 0 N–H and O–H groups in total. The maximum Gasteiger partial charge on any atom is 0.158 e. The number of imidazole rings is 1. The molecule has 0 aromatic carbocycles. The van der Waals surface area contributed by atoms with E-state index in [1.165, 1.54) is 0 Å². The SMILES string of the molecule is CCn1nc(C)c2nc(CCCl)n(CCSC)c21. The van der Waals surface area contributed by atoms with Crippen molar-refractivity contribution in [1.29, 1.82) is 0 Å². The van der Waals surface area contributed by atoms with Crippen LogP contribution in [0.1, 0.15) is 18.4 Å². The van der Waals surface area contributed by atoms with Gasteiger partial charge in [0.25, 0.3) is 0 Å². The topological polar surface area (TPSA) is 35.6 Å². The molecule has 0 radical (unpaired) electrons. The standard InChI is InChI=1S/C12H19ClN4S/c1-4-17-12-11(9(2)15-17)14-10(5-6-13)16(12)7-8-18-3/h4-8H2,1-3H3. The lowest BCUT2D eigenvalue weighted by atomic mass is 10.4. The van der Waals surface area contributed by atoms with Gasteiger partial charge in [-0.1, -0.05) is 0 Å². The molecule has 0 fully saturated rings. The third kappa shape index (κ3) is 2.38. The summed E-state index contributed by atoms with van der Waals surface area (Å²) in [4.78, 5) is 4.71. The van der Waals surface area contributed by atoms with E-state index in [2.05, 4.69) is 22.8 Å². The molecule has 0 aliphatic heterocycles. The Bertz CT molecular complexity index is 532. The number of thioether (sulfide) groups is 1. The Kier molecular flexibility index (Phi) is 4.56. The van der Waals surface area contributed by atoms with E-state index in [1.807, 2.05) is 23.4 Å². The number of hydrogen-bond donors (Lipinski definition) is 0. The van der Waals surface area contributed by atoms with Gasteiger partial charge in [0, 0.05) is 31.1 Å². The molecule has 2 aromatic rings. The second-order valence-corrected chi connectivity index (χ2v) is 5.55. The van der Waals surface area contributed by atoms with Gasteiger partial charge in [0.2, 0.25) is 0 Å². The molecular weight excluding hydrogens is 268 g/mol. The fraction of sp³-hybridized carbons (Fsp3) is 0.667. The van der Waals surface area contributed by atoms with E-state index >= 15 is 0 Å². The van der Waals surface area contributed by atoms with Crippen LogP contribution in [0, 0.1) is 6.92 Å². The lowest BCUT2D eigenvalue weighted by molar-refractivity contribution is 0.630. The van der Waals surface area contributed by atoms with Crippen molar-refractivity contribution in [2.75, 3.05) is 17.9 Å². The second-order valence-electron chi connectivity index (χ2n) is 4.18. The second kappa shape index (κ2) is 5.97. The van der Waals surface area contributed by atoms with Gasteiger partial charge in [-0.3, -0.25) is 0 Å². The van der Waals surface area contributed by atoms with Gasteiger partial charge in [0.15, 0.2) is 5.65 Å². The maximum atomic E-state index is 5.87. The Balaban J connectivity index is 2.54. The van der Waals surface area contributed by atoms with E-state index < -0.39 is 0 Å². The van der Waals surface area contributed by atoms with Crippen LogP contribution in [0.2, 0.25) is 0 Å². The molecule has 0 unspecified atom stereocenters. The third-order valence-electron chi connectivity index (χ3n) is 3.01. The zero-order valence-electron chi connectivity index (χ0n) is 11.1. The summed E-state index contributed by atoms with van der Waals surface area (Å²) in [5.41, 5.74) is 3.17. The van der Waals surface area contributed by atoms with Gasteiger partial charge in [-0.15, -0.1) is 11.6 Å². The molecule has 0 saturated heterocycles. The van der Waals surface area contributed by atoms with Crippen molar-refractivity contribution in [3.63, 3.8) is 0 Å². The first-order valence-electron chi connectivity index (χ1n) is 6.20. The first-order valence-corrected chi connectivity index (χ1v) is 8.13. The smallest absolute Gasteiger partial charge is 0.158 e. The summed E-state index contributed by atoms with van der Waals surface area (Å²) in [6, 6.07) is 0. The lowest BCUT2D eigenvalue weighted by Gasteiger charge is -2.08. The zero-order chi connectivity index (χ0) is 13.1. The van der Waals surface area contributed by atoms with E-state index in [-0.39, 0.29) is 0 Å². The van der Waals surface area contributed by atoms with Crippen LogP contribution in [-0.2, 0) is 19.5 Å². The Morgan fingerprint density at radius 3 is 2.78 bits per heavy atom. The summed E-state index contributed by atoms with van der Waals surface area (Å²) >= 11 is 7.71. The van der Waals surface area contributed by atoms with Crippen LogP contribution in [-0.4, -0.2) is 37.2 Å². The van der Waals surface area contributed by atoms with E-state index in [0.29, 0.717) is 5.88 Å². The van der Waals surface area contributed by atoms with E-state index in [4.69, 9.17) is 16.6 Å². The average Bonchev–Trinajstić information content (AvgIpc) is 2.86. The van der Waals surface area contributed by atoms with E-state index in [1.54, 1.807) is 0 Å². The Hall–Kier alpha value is -0.680. The van der Waals surface area contributed by atoms with Crippen molar-refractivity contribution in [1.82, 2.24) is 19.3 Å². The molecule has 2 heterocycles. The minimum atomic E-state index is 0.609. The third-order valence-corrected chi connectivity index (χ3v) is 3.79. The molecule has 0 aliphatic carbocycles. The largest absolute Gasteiger partial charge is 0.312 e. The number of rotatable bonds is 6. The molecule has 6 heteroatoms. The molecule has 0 aliphatic rings. The van der Waals surface area contributed by atoms with Crippen LogP contribution in [0.15, 0.2) is 0 Å². The maximum absolute atomic E-state index is 5.87. The van der Waals surface area contributed by atoms with Crippen LogP contribution in [0.4, 0.5) is 0 Å². The lowest BCUT2D eigenvalue weighted by Crippen LogP contribution is -2.10. The summed E-state index contributed by atoms with van der Waals surface area (Å²) in [7, 11) is 0. The van der Waals surface area contributed by atoms with E-state index in [9.17, 15) is 0 Å². The highest BCUT2D eigenvalue weighted by molar-refractivity contribution is 7.98. The molecule has 0 atom stereocenters. The van der Waals surface area contributed by atoms with Gasteiger partial charge in [-0.05, 0) is 20.1 Å². The normalized spacial score (nSPS) is 11.6. The number of alkyl halides is 1. The van der Waals surface area contributed by atoms with Crippen LogP contribution < -0.4 is 0 Å². The van der Waals surface area contributed by atoms with Gasteiger partial charge >= 0.3 is 0 Å². The number of aryl methyl sites for hydroxylation is 4. The van der Waals surface area contributed by atoms with Crippen LogP contribution in [0.3, 0.4) is 0 Å². The number of aromatic nitrogens is 4. The quantitative estimate of drug-likeness (QED) is 0.766. The molecule has 2 rings (SSSR count). The fourth-order valence-corrected chi connectivity index (χ4v) is 2.72. The first kappa shape index (κ1) is 13.7. The van der Waals surface area contributed by atoms with Gasteiger partial charge in [-0.2, -0.15) is 16.9 Å². The van der Waals surface area contributed by atoms with Gasteiger partial charge in [0.05, 0.1) is 5.69 Å². The summed E-state index contributed by atoms with van der Waals surface area (Å²) in [6.07, 6.45) is 2.94. The number of fused-ring (bicyclic) bond motifs is 1. The van der Waals surface area contributed by atoms with Crippen LogP contribution in [0.5, 0.6) is 0 Å². The highest BCUT2D eigenvalue weighted by atomic mass is 35.5. The summed E-state index contributed by atoms with van der Waals surface area (Å²) in [6.45, 7) is 5.97. The van der Waals surface area contributed by atoms with Gasteiger partial charge < -0.3 is 4.57 Å². The van der Waals surface area contributed by atoms with Crippen molar-refractivity contribution < 1.29 is 0 Å². The molecule has 2 aromatic heterocycles.